The second-order valence-electron chi connectivity index (χ2n) is 7.10. The second-order valence-corrected chi connectivity index (χ2v) is 8.09. The van der Waals surface area contributed by atoms with Crippen LogP contribution in [0, 0.1) is 11.7 Å². The third-order valence-electron chi connectivity index (χ3n) is 4.04. The summed E-state index contributed by atoms with van der Waals surface area (Å²) in [6.45, 7) is 4.28. The molecule has 0 saturated carbocycles. The van der Waals surface area contributed by atoms with Crippen molar-refractivity contribution < 1.29 is 23.5 Å². The van der Waals surface area contributed by atoms with E-state index in [1.54, 1.807) is 30.3 Å². The summed E-state index contributed by atoms with van der Waals surface area (Å²) in [4.78, 5) is 38.0. The first-order chi connectivity index (χ1) is 14.3. The molecular formula is C22H21FN2O4S. The number of carbonyl (C=O) groups excluding carboxylic acids is 3. The van der Waals surface area contributed by atoms with Gasteiger partial charge >= 0.3 is 0 Å². The van der Waals surface area contributed by atoms with Gasteiger partial charge in [-0.2, -0.15) is 0 Å². The van der Waals surface area contributed by atoms with E-state index < -0.39 is 29.4 Å². The van der Waals surface area contributed by atoms with E-state index in [0.717, 1.165) is 34.0 Å². The van der Waals surface area contributed by atoms with Crippen LogP contribution < -0.4 is 10.1 Å². The molecule has 3 rings (SSSR count). The average molecular weight is 428 g/mol. The number of imide groups is 1. The molecule has 1 heterocycles. The molecule has 8 heteroatoms. The summed E-state index contributed by atoms with van der Waals surface area (Å²) in [5.41, 5.74) is 0.990. The number of nitrogens with one attached hydrogen (secondary N) is 1. The molecule has 0 atom stereocenters. The van der Waals surface area contributed by atoms with Crippen LogP contribution in [-0.2, 0) is 9.59 Å². The van der Waals surface area contributed by atoms with Crippen LogP contribution in [0.2, 0.25) is 0 Å². The third kappa shape index (κ3) is 5.70. The summed E-state index contributed by atoms with van der Waals surface area (Å²) in [5.74, 6) is -0.491. The standard InChI is InChI=1S/C22H21FN2O4S/c1-14(2)13-29-18-8-6-15(7-9-18)10-19-21(27)25(22(28)30-19)12-20(26)24-17-5-3-4-16(23)11-17/h3-11,14H,12-13H2,1-2H3,(H,24,26)/b19-10+. The number of halogens is 1. The molecule has 1 N–H and O–H groups in total. The summed E-state index contributed by atoms with van der Waals surface area (Å²) in [7, 11) is 0. The predicted octanol–water partition coefficient (Wildman–Crippen LogP) is 4.54. The molecular weight excluding hydrogens is 407 g/mol. The van der Waals surface area contributed by atoms with Crippen molar-refractivity contribution in [2.24, 2.45) is 5.92 Å². The molecule has 30 heavy (non-hydrogen) atoms. The van der Waals surface area contributed by atoms with Crippen LogP contribution in [0.15, 0.2) is 53.4 Å². The van der Waals surface area contributed by atoms with Gasteiger partial charge in [0.15, 0.2) is 0 Å². The van der Waals surface area contributed by atoms with Crippen molar-refractivity contribution in [3.8, 4) is 5.75 Å². The zero-order valence-electron chi connectivity index (χ0n) is 16.6. The number of anilines is 1. The lowest BCUT2D eigenvalue weighted by atomic mass is 10.2. The molecule has 2 aromatic rings. The molecule has 0 spiro atoms. The molecule has 6 nitrogen and oxygen atoms in total. The highest BCUT2D eigenvalue weighted by Gasteiger charge is 2.36. The Hall–Kier alpha value is -3.13. The summed E-state index contributed by atoms with van der Waals surface area (Å²) < 4.78 is 18.8. The SMILES string of the molecule is CC(C)COc1ccc(/C=C2/SC(=O)N(CC(=O)Nc3cccc(F)c3)C2=O)cc1. The van der Waals surface area contributed by atoms with Crippen molar-refractivity contribution in [3.05, 3.63) is 64.8 Å². The normalized spacial score (nSPS) is 15.2. The fourth-order valence-corrected chi connectivity index (χ4v) is 3.46. The molecule has 156 valence electrons. The number of hydrogen-bond donors (Lipinski definition) is 1. The Morgan fingerprint density at radius 1 is 1.20 bits per heavy atom. The van der Waals surface area contributed by atoms with E-state index in [-0.39, 0.29) is 10.6 Å². The monoisotopic (exact) mass is 428 g/mol. The quantitative estimate of drug-likeness (QED) is 0.656. The Kier molecular flexibility index (Phi) is 6.89. The lowest BCUT2D eigenvalue weighted by molar-refractivity contribution is -0.127. The van der Waals surface area contributed by atoms with Gasteiger partial charge in [0.25, 0.3) is 11.1 Å². The van der Waals surface area contributed by atoms with Gasteiger partial charge in [0, 0.05) is 5.69 Å². The first-order valence-electron chi connectivity index (χ1n) is 9.35. The molecule has 1 saturated heterocycles. The van der Waals surface area contributed by atoms with E-state index in [0.29, 0.717) is 12.5 Å². The summed E-state index contributed by atoms with van der Waals surface area (Å²) in [5, 5.41) is 1.94. The van der Waals surface area contributed by atoms with Crippen molar-refractivity contribution in [1.29, 1.82) is 0 Å². The van der Waals surface area contributed by atoms with Crippen molar-refractivity contribution in [2.45, 2.75) is 13.8 Å². The molecule has 3 amide bonds. The van der Waals surface area contributed by atoms with E-state index >= 15 is 0 Å². The number of carbonyl (C=O) groups is 3. The van der Waals surface area contributed by atoms with Gasteiger partial charge in [-0.25, -0.2) is 4.39 Å². The smallest absolute Gasteiger partial charge is 0.294 e. The second kappa shape index (κ2) is 9.58. The van der Waals surface area contributed by atoms with Crippen LogP contribution in [0.5, 0.6) is 5.75 Å². The fourth-order valence-electron chi connectivity index (χ4n) is 2.62. The zero-order chi connectivity index (χ0) is 21.7. The maximum absolute atomic E-state index is 13.2. The summed E-state index contributed by atoms with van der Waals surface area (Å²) >= 11 is 0.773. The van der Waals surface area contributed by atoms with Crippen molar-refractivity contribution in [3.63, 3.8) is 0 Å². The van der Waals surface area contributed by atoms with E-state index in [1.165, 1.54) is 18.2 Å². The van der Waals surface area contributed by atoms with Gasteiger partial charge in [0.1, 0.15) is 18.1 Å². The molecule has 0 aliphatic carbocycles. The van der Waals surface area contributed by atoms with E-state index in [1.807, 2.05) is 0 Å². The van der Waals surface area contributed by atoms with E-state index in [2.05, 4.69) is 19.2 Å². The lowest BCUT2D eigenvalue weighted by Crippen LogP contribution is -2.36. The molecule has 0 aromatic heterocycles. The minimum Gasteiger partial charge on any atom is -0.493 e. The Balaban J connectivity index is 1.63. The maximum atomic E-state index is 13.2. The molecule has 2 aromatic carbocycles. The number of ether oxygens (including phenoxy) is 1. The van der Waals surface area contributed by atoms with Crippen LogP contribution in [0.4, 0.5) is 14.9 Å². The Morgan fingerprint density at radius 3 is 2.60 bits per heavy atom. The van der Waals surface area contributed by atoms with Crippen LogP contribution in [0.1, 0.15) is 19.4 Å². The number of amides is 3. The van der Waals surface area contributed by atoms with Crippen molar-refractivity contribution in [2.75, 3.05) is 18.5 Å². The Bertz CT molecular complexity index is 989. The fraction of sp³-hybridized carbons (Fsp3) is 0.227. The Labute approximate surface area is 178 Å². The van der Waals surface area contributed by atoms with Gasteiger partial charge in [-0.3, -0.25) is 19.3 Å². The maximum Gasteiger partial charge on any atom is 0.294 e. The van der Waals surface area contributed by atoms with Crippen molar-refractivity contribution >= 4 is 40.6 Å². The minimum atomic E-state index is -0.587. The number of rotatable bonds is 7. The molecule has 1 aliphatic heterocycles. The molecule has 0 unspecified atom stereocenters. The largest absolute Gasteiger partial charge is 0.493 e. The third-order valence-corrected chi connectivity index (χ3v) is 4.95. The molecule has 0 radical (unpaired) electrons. The van der Waals surface area contributed by atoms with Gasteiger partial charge in [0.2, 0.25) is 5.91 Å². The van der Waals surface area contributed by atoms with Crippen LogP contribution in [0.3, 0.4) is 0 Å². The van der Waals surface area contributed by atoms with Crippen LogP contribution in [0.25, 0.3) is 6.08 Å². The van der Waals surface area contributed by atoms with Crippen LogP contribution in [-0.4, -0.2) is 35.1 Å². The van der Waals surface area contributed by atoms with Gasteiger partial charge in [0.05, 0.1) is 11.5 Å². The topological polar surface area (TPSA) is 75.7 Å². The number of nitrogens with zero attached hydrogens (tertiary/aromatic N) is 1. The van der Waals surface area contributed by atoms with Gasteiger partial charge in [-0.05, 0) is 59.7 Å². The first-order valence-corrected chi connectivity index (χ1v) is 10.2. The van der Waals surface area contributed by atoms with E-state index in [4.69, 9.17) is 4.74 Å². The van der Waals surface area contributed by atoms with Gasteiger partial charge < -0.3 is 10.1 Å². The molecule has 1 aliphatic rings. The number of hydrogen-bond acceptors (Lipinski definition) is 5. The first kappa shape index (κ1) is 21.6. The van der Waals surface area contributed by atoms with Gasteiger partial charge in [-0.1, -0.05) is 32.0 Å². The zero-order valence-corrected chi connectivity index (χ0v) is 17.4. The van der Waals surface area contributed by atoms with Crippen LogP contribution >= 0.6 is 11.8 Å². The van der Waals surface area contributed by atoms with E-state index in [9.17, 15) is 18.8 Å². The Morgan fingerprint density at radius 2 is 1.93 bits per heavy atom. The highest BCUT2D eigenvalue weighted by Crippen LogP contribution is 2.32. The van der Waals surface area contributed by atoms with Crippen molar-refractivity contribution in [1.82, 2.24) is 4.90 Å². The van der Waals surface area contributed by atoms with Gasteiger partial charge in [-0.15, -0.1) is 0 Å². The molecule has 1 fully saturated rings. The number of thioether (sulfide) groups is 1. The lowest BCUT2D eigenvalue weighted by Gasteiger charge is -2.12. The minimum absolute atomic E-state index is 0.231. The number of benzene rings is 2. The highest BCUT2D eigenvalue weighted by molar-refractivity contribution is 8.18. The predicted molar refractivity (Wildman–Crippen MR) is 114 cm³/mol. The molecule has 0 bridgehead atoms. The summed E-state index contributed by atoms with van der Waals surface area (Å²) in [6, 6.07) is 12.5. The highest BCUT2D eigenvalue weighted by atomic mass is 32.2. The summed E-state index contributed by atoms with van der Waals surface area (Å²) in [6.07, 6.45) is 1.60. The average Bonchev–Trinajstić information content (AvgIpc) is 2.95.